The first-order chi connectivity index (χ1) is 8.97. The average molecular weight is 363 g/mol. The molecule has 0 spiro atoms. The van der Waals surface area contributed by atoms with Crippen molar-refractivity contribution in [2.75, 3.05) is 5.32 Å². The Bertz CT molecular complexity index is 661. The lowest BCUT2D eigenvalue weighted by atomic mass is 10.4. The number of anilines is 1. The predicted molar refractivity (Wildman–Crippen MR) is 75.9 cm³/mol. The van der Waals surface area contributed by atoms with Gasteiger partial charge in [0.25, 0.3) is 5.91 Å². The zero-order chi connectivity index (χ0) is 14.0. The molecule has 2 aromatic rings. The lowest BCUT2D eigenvalue weighted by Gasteiger charge is -2.03. The van der Waals surface area contributed by atoms with Crippen LogP contribution in [-0.2, 0) is 0 Å². The van der Waals surface area contributed by atoms with Crippen molar-refractivity contribution in [2.45, 2.75) is 0 Å². The number of amides is 1. The second kappa shape index (κ2) is 5.64. The van der Waals surface area contributed by atoms with Crippen molar-refractivity contribution in [1.29, 1.82) is 0 Å². The van der Waals surface area contributed by atoms with Crippen LogP contribution in [0.1, 0.15) is 9.67 Å². The summed E-state index contributed by atoms with van der Waals surface area (Å²) in [5, 5.41) is 13.3. The van der Waals surface area contributed by atoms with Crippen LogP contribution in [0.25, 0.3) is 0 Å². The maximum absolute atomic E-state index is 11.8. The van der Waals surface area contributed by atoms with Gasteiger partial charge in [-0.2, -0.15) is 0 Å². The SMILES string of the molecule is O=C(Nc1cnc(Cl)c(Br)c1)c1ccc([N+](=O)[O-])s1. The van der Waals surface area contributed by atoms with Gasteiger partial charge in [-0.05, 0) is 28.1 Å². The number of aromatic nitrogens is 1. The number of pyridine rings is 1. The molecular weight excluding hydrogens is 358 g/mol. The van der Waals surface area contributed by atoms with Crippen LogP contribution >= 0.6 is 38.9 Å². The van der Waals surface area contributed by atoms with Crippen molar-refractivity contribution in [3.8, 4) is 0 Å². The van der Waals surface area contributed by atoms with E-state index < -0.39 is 10.8 Å². The molecule has 2 rings (SSSR count). The number of carbonyl (C=O) groups excluding carboxylic acids is 1. The molecule has 19 heavy (non-hydrogen) atoms. The van der Waals surface area contributed by atoms with Gasteiger partial charge in [0.15, 0.2) is 0 Å². The summed E-state index contributed by atoms with van der Waals surface area (Å²) >= 11 is 9.72. The van der Waals surface area contributed by atoms with E-state index in [1.807, 2.05) is 0 Å². The van der Waals surface area contributed by atoms with E-state index >= 15 is 0 Å². The molecule has 0 radical (unpaired) electrons. The van der Waals surface area contributed by atoms with Crippen molar-refractivity contribution in [3.63, 3.8) is 0 Å². The Morgan fingerprint density at radius 2 is 2.26 bits per heavy atom. The summed E-state index contributed by atoms with van der Waals surface area (Å²) in [7, 11) is 0. The minimum absolute atomic E-state index is 0.0828. The number of nitrogens with zero attached hydrogens (tertiary/aromatic N) is 2. The Hall–Kier alpha value is -1.51. The van der Waals surface area contributed by atoms with Crippen LogP contribution in [0, 0.1) is 10.1 Å². The second-order valence-corrected chi connectivity index (χ2v) is 5.62. The van der Waals surface area contributed by atoms with Gasteiger partial charge in [0.1, 0.15) is 5.15 Å². The maximum Gasteiger partial charge on any atom is 0.324 e. The van der Waals surface area contributed by atoms with Gasteiger partial charge in [-0.1, -0.05) is 22.9 Å². The molecule has 6 nitrogen and oxygen atoms in total. The van der Waals surface area contributed by atoms with E-state index in [0.29, 0.717) is 10.2 Å². The molecule has 0 saturated heterocycles. The van der Waals surface area contributed by atoms with E-state index in [1.165, 1.54) is 18.3 Å². The molecule has 0 aliphatic rings. The monoisotopic (exact) mass is 361 g/mol. The Balaban J connectivity index is 2.15. The van der Waals surface area contributed by atoms with Crippen LogP contribution in [0.3, 0.4) is 0 Å². The van der Waals surface area contributed by atoms with Gasteiger partial charge in [-0.25, -0.2) is 4.98 Å². The third kappa shape index (κ3) is 3.28. The highest BCUT2D eigenvalue weighted by atomic mass is 79.9. The number of nitrogens with one attached hydrogen (secondary N) is 1. The van der Waals surface area contributed by atoms with Gasteiger partial charge in [-0.3, -0.25) is 14.9 Å². The second-order valence-electron chi connectivity index (χ2n) is 3.35. The first-order valence-corrected chi connectivity index (χ1v) is 6.83. The number of carbonyl (C=O) groups is 1. The lowest BCUT2D eigenvalue weighted by molar-refractivity contribution is -0.380. The largest absolute Gasteiger partial charge is 0.324 e. The number of thiophene rings is 1. The fourth-order valence-corrected chi connectivity index (χ4v) is 2.40. The molecule has 0 atom stereocenters. The molecule has 0 aliphatic carbocycles. The molecule has 9 heteroatoms. The quantitative estimate of drug-likeness (QED) is 0.512. The molecule has 0 aliphatic heterocycles. The predicted octanol–water partition coefficient (Wildman–Crippen LogP) is 3.72. The first-order valence-electron chi connectivity index (χ1n) is 4.84. The minimum Gasteiger partial charge on any atom is -0.320 e. The van der Waals surface area contributed by atoms with Crippen molar-refractivity contribution < 1.29 is 9.72 Å². The van der Waals surface area contributed by atoms with Crippen LogP contribution in [0.2, 0.25) is 5.15 Å². The maximum atomic E-state index is 11.8. The highest BCUT2D eigenvalue weighted by Gasteiger charge is 2.15. The summed E-state index contributed by atoms with van der Waals surface area (Å²) in [5.74, 6) is -0.436. The van der Waals surface area contributed by atoms with Gasteiger partial charge >= 0.3 is 5.00 Å². The number of hydrogen-bond donors (Lipinski definition) is 1. The van der Waals surface area contributed by atoms with E-state index in [2.05, 4.69) is 26.2 Å². The highest BCUT2D eigenvalue weighted by Crippen LogP contribution is 2.26. The van der Waals surface area contributed by atoms with Crippen LogP contribution in [-0.4, -0.2) is 15.8 Å². The summed E-state index contributed by atoms with van der Waals surface area (Å²) in [6.45, 7) is 0. The Morgan fingerprint density at radius 1 is 1.53 bits per heavy atom. The number of hydrogen-bond acceptors (Lipinski definition) is 5. The van der Waals surface area contributed by atoms with E-state index in [-0.39, 0.29) is 15.0 Å². The Morgan fingerprint density at radius 3 is 2.84 bits per heavy atom. The highest BCUT2D eigenvalue weighted by molar-refractivity contribution is 9.10. The zero-order valence-electron chi connectivity index (χ0n) is 9.09. The summed E-state index contributed by atoms with van der Waals surface area (Å²) < 4.78 is 0.545. The van der Waals surface area contributed by atoms with E-state index in [9.17, 15) is 14.9 Å². The van der Waals surface area contributed by atoms with Crippen molar-refractivity contribution >= 4 is 55.5 Å². The summed E-state index contributed by atoms with van der Waals surface area (Å²) in [4.78, 5) is 25.9. The molecule has 0 unspecified atom stereocenters. The van der Waals surface area contributed by atoms with Gasteiger partial charge in [0, 0.05) is 6.07 Å². The van der Waals surface area contributed by atoms with Crippen LogP contribution in [0.15, 0.2) is 28.9 Å². The van der Waals surface area contributed by atoms with Crippen LogP contribution < -0.4 is 5.32 Å². The Labute approximate surface area is 124 Å². The van der Waals surface area contributed by atoms with Gasteiger partial charge in [0.05, 0.1) is 26.2 Å². The van der Waals surface area contributed by atoms with Crippen molar-refractivity contribution in [3.05, 3.63) is 49.0 Å². The molecule has 2 heterocycles. The Kier molecular flexibility index (Phi) is 4.13. The third-order valence-electron chi connectivity index (χ3n) is 2.05. The average Bonchev–Trinajstić information content (AvgIpc) is 2.83. The number of halogens is 2. The molecule has 0 saturated carbocycles. The third-order valence-corrected chi connectivity index (χ3v) is 4.22. The van der Waals surface area contributed by atoms with Gasteiger partial charge in [-0.15, -0.1) is 0 Å². The van der Waals surface area contributed by atoms with Gasteiger partial charge in [0.2, 0.25) is 0 Å². The van der Waals surface area contributed by atoms with E-state index in [1.54, 1.807) is 6.07 Å². The van der Waals surface area contributed by atoms with E-state index in [4.69, 9.17) is 11.6 Å². The molecule has 0 bridgehead atoms. The van der Waals surface area contributed by atoms with Crippen LogP contribution in [0.5, 0.6) is 0 Å². The first kappa shape index (κ1) is 13.9. The number of rotatable bonds is 3. The topological polar surface area (TPSA) is 85.1 Å². The van der Waals surface area contributed by atoms with Gasteiger partial charge < -0.3 is 5.32 Å². The fraction of sp³-hybridized carbons (Fsp3) is 0. The summed E-state index contributed by atoms with van der Waals surface area (Å²) in [6, 6.07) is 4.28. The minimum atomic E-state index is -0.540. The molecule has 98 valence electrons. The molecule has 2 aromatic heterocycles. The normalized spacial score (nSPS) is 10.2. The van der Waals surface area contributed by atoms with Crippen molar-refractivity contribution in [2.24, 2.45) is 0 Å². The molecule has 0 aromatic carbocycles. The fourth-order valence-electron chi connectivity index (χ4n) is 1.23. The van der Waals surface area contributed by atoms with Crippen LogP contribution in [0.4, 0.5) is 10.7 Å². The number of nitro groups is 1. The lowest BCUT2D eigenvalue weighted by Crippen LogP contribution is -2.10. The zero-order valence-corrected chi connectivity index (χ0v) is 12.3. The molecule has 0 fully saturated rings. The van der Waals surface area contributed by atoms with Crippen molar-refractivity contribution in [1.82, 2.24) is 4.98 Å². The smallest absolute Gasteiger partial charge is 0.320 e. The molecule has 1 N–H and O–H groups in total. The molecule has 1 amide bonds. The van der Waals surface area contributed by atoms with E-state index in [0.717, 1.165) is 11.3 Å². The summed E-state index contributed by atoms with van der Waals surface area (Å²) in [6.07, 6.45) is 1.40. The standard InChI is InChI=1S/C10H5BrClN3O3S/c11-6-3-5(4-13-9(6)12)14-10(16)7-1-2-8(19-7)15(17)18/h1-4H,(H,14,16). The molecular formula is C10H5BrClN3O3S. The summed E-state index contributed by atoms with van der Waals surface area (Å²) in [5.41, 5.74) is 0.442.